The van der Waals surface area contributed by atoms with Crippen molar-refractivity contribution >= 4 is 33.1 Å². The lowest BCUT2D eigenvalue weighted by atomic mass is 10.0. The summed E-state index contributed by atoms with van der Waals surface area (Å²) < 4.78 is 12.8. The Balaban J connectivity index is 1.41. The maximum Gasteiger partial charge on any atom is 0.220 e. The molecule has 2 atom stereocenters. The van der Waals surface area contributed by atoms with Gasteiger partial charge < -0.3 is 19.7 Å². The Morgan fingerprint density at radius 3 is 2.87 bits per heavy atom. The van der Waals surface area contributed by atoms with E-state index in [1.54, 1.807) is 11.3 Å². The molecule has 0 saturated carbocycles. The molecule has 2 unspecified atom stereocenters. The van der Waals surface area contributed by atoms with E-state index in [1.807, 2.05) is 30.8 Å². The Morgan fingerprint density at radius 2 is 2.13 bits per heavy atom. The van der Waals surface area contributed by atoms with Crippen molar-refractivity contribution in [1.82, 2.24) is 15.3 Å². The van der Waals surface area contributed by atoms with Crippen LogP contribution >= 0.6 is 11.3 Å². The number of hydrogen-bond acceptors (Lipinski definition) is 7. The smallest absolute Gasteiger partial charge is 0.220 e. The summed E-state index contributed by atoms with van der Waals surface area (Å²) in [6.07, 6.45) is 2.36. The van der Waals surface area contributed by atoms with E-state index in [0.717, 1.165) is 59.2 Å². The van der Waals surface area contributed by atoms with Crippen molar-refractivity contribution in [2.24, 2.45) is 5.92 Å². The van der Waals surface area contributed by atoms with Crippen molar-refractivity contribution in [1.29, 1.82) is 0 Å². The van der Waals surface area contributed by atoms with E-state index in [2.05, 4.69) is 27.3 Å². The summed E-state index contributed by atoms with van der Waals surface area (Å²) in [4.78, 5) is 23.1. The molecule has 1 aromatic carbocycles. The van der Waals surface area contributed by atoms with Gasteiger partial charge in [0.1, 0.15) is 11.9 Å². The van der Waals surface area contributed by atoms with Crippen LogP contribution < -0.4 is 15.0 Å². The van der Waals surface area contributed by atoms with Crippen LogP contribution in [0.25, 0.3) is 21.5 Å². The number of anilines is 1. The molecule has 0 radical (unpaired) electrons. The molecule has 7 nitrogen and oxygen atoms in total. The second-order valence-electron chi connectivity index (χ2n) is 7.77. The molecule has 156 valence electrons. The zero-order valence-electron chi connectivity index (χ0n) is 16.8. The van der Waals surface area contributed by atoms with Gasteiger partial charge in [0.15, 0.2) is 0 Å². The van der Waals surface area contributed by atoms with Crippen LogP contribution in [0, 0.1) is 5.92 Å². The van der Waals surface area contributed by atoms with Crippen LogP contribution in [0.4, 0.5) is 5.69 Å². The molecule has 0 bridgehead atoms. The fourth-order valence-corrected chi connectivity index (χ4v) is 4.72. The van der Waals surface area contributed by atoms with Crippen molar-refractivity contribution in [2.75, 3.05) is 37.7 Å². The molecule has 2 aromatic heterocycles. The fourth-order valence-electron chi connectivity index (χ4n) is 3.99. The highest BCUT2D eigenvalue weighted by Crippen LogP contribution is 2.36. The Kier molecular flexibility index (Phi) is 5.26. The first-order valence-electron chi connectivity index (χ1n) is 10.3. The standard InChI is InChI=1S/C22H24N4O3S/c1-14(16-10-21(27)24-11-16)29-20-9-15(8-19-22(20)30-13-25-19)18-3-2-17(12-23-18)26-4-6-28-7-5-26/h2-3,8-9,12-14,16H,4-7,10-11H2,1H3,(H,24,27). The third-order valence-electron chi connectivity index (χ3n) is 5.80. The van der Waals surface area contributed by atoms with Crippen LogP contribution in [0.5, 0.6) is 5.75 Å². The lowest BCUT2D eigenvalue weighted by Crippen LogP contribution is -2.36. The number of carbonyl (C=O) groups excluding carboxylic acids is 1. The van der Waals surface area contributed by atoms with Gasteiger partial charge in [0.25, 0.3) is 0 Å². The number of benzene rings is 1. The highest BCUT2D eigenvalue weighted by Gasteiger charge is 2.28. The number of rotatable bonds is 5. The molecule has 4 heterocycles. The Morgan fingerprint density at radius 1 is 1.27 bits per heavy atom. The molecule has 3 aromatic rings. The minimum absolute atomic E-state index is 0.0684. The molecule has 2 aliphatic heterocycles. The molecule has 0 aliphatic carbocycles. The predicted octanol–water partition coefficient (Wildman–Crippen LogP) is 3.10. The second kappa shape index (κ2) is 8.20. The molecule has 30 heavy (non-hydrogen) atoms. The van der Waals surface area contributed by atoms with Crippen molar-refractivity contribution in [3.8, 4) is 17.0 Å². The summed E-state index contributed by atoms with van der Waals surface area (Å²) >= 11 is 1.57. The number of fused-ring (bicyclic) bond motifs is 1. The zero-order chi connectivity index (χ0) is 20.5. The fraction of sp³-hybridized carbons (Fsp3) is 0.409. The monoisotopic (exact) mass is 424 g/mol. The van der Waals surface area contributed by atoms with Crippen LogP contribution in [-0.2, 0) is 9.53 Å². The number of nitrogens with one attached hydrogen (secondary N) is 1. The highest BCUT2D eigenvalue weighted by atomic mass is 32.1. The summed E-state index contributed by atoms with van der Waals surface area (Å²) in [5, 5.41) is 2.89. The molecule has 2 fully saturated rings. The molecular formula is C22H24N4O3S. The van der Waals surface area contributed by atoms with Gasteiger partial charge in [0.05, 0.1) is 46.5 Å². The normalized spacial score (nSPS) is 20.4. The number of ether oxygens (including phenoxy) is 2. The highest BCUT2D eigenvalue weighted by molar-refractivity contribution is 7.17. The molecule has 8 heteroatoms. The second-order valence-corrected chi connectivity index (χ2v) is 8.62. The van der Waals surface area contributed by atoms with Gasteiger partial charge in [-0.1, -0.05) is 0 Å². The number of amides is 1. The van der Waals surface area contributed by atoms with Crippen molar-refractivity contribution in [3.63, 3.8) is 0 Å². The number of carbonyl (C=O) groups is 1. The summed E-state index contributed by atoms with van der Waals surface area (Å²) in [6.45, 7) is 5.98. The van der Waals surface area contributed by atoms with Gasteiger partial charge in [-0.25, -0.2) is 4.98 Å². The third-order valence-corrected chi connectivity index (χ3v) is 6.66. The molecule has 5 rings (SSSR count). The number of aromatic nitrogens is 2. The average Bonchev–Trinajstić information content (AvgIpc) is 3.43. The van der Waals surface area contributed by atoms with Crippen LogP contribution in [-0.4, -0.2) is 54.8 Å². The van der Waals surface area contributed by atoms with Crippen molar-refractivity contribution in [2.45, 2.75) is 19.4 Å². The Bertz CT molecular complexity index is 1050. The van der Waals surface area contributed by atoms with Crippen LogP contribution in [0.1, 0.15) is 13.3 Å². The molecular weight excluding hydrogens is 400 g/mol. The molecule has 0 spiro atoms. The molecule has 2 saturated heterocycles. The summed E-state index contributed by atoms with van der Waals surface area (Å²) in [5.41, 5.74) is 5.71. The summed E-state index contributed by atoms with van der Waals surface area (Å²) in [7, 11) is 0. The minimum atomic E-state index is -0.0684. The van der Waals surface area contributed by atoms with E-state index in [0.29, 0.717) is 13.0 Å². The first-order chi connectivity index (χ1) is 14.7. The number of nitrogens with zero attached hydrogens (tertiary/aromatic N) is 3. The van der Waals surface area contributed by atoms with Gasteiger partial charge in [0.2, 0.25) is 5.91 Å². The predicted molar refractivity (Wildman–Crippen MR) is 117 cm³/mol. The van der Waals surface area contributed by atoms with Gasteiger partial charge in [-0.05, 0) is 31.2 Å². The summed E-state index contributed by atoms with van der Waals surface area (Å²) in [5.74, 6) is 1.07. The van der Waals surface area contributed by atoms with E-state index in [9.17, 15) is 4.79 Å². The lowest BCUT2D eigenvalue weighted by Gasteiger charge is -2.28. The minimum Gasteiger partial charge on any atom is -0.489 e. The maximum absolute atomic E-state index is 11.6. The lowest BCUT2D eigenvalue weighted by molar-refractivity contribution is -0.119. The van der Waals surface area contributed by atoms with Crippen molar-refractivity contribution < 1.29 is 14.3 Å². The van der Waals surface area contributed by atoms with Gasteiger partial charge in [-0.2, -0.15) is 0 Å². The van der Waals surface area contributed by atoms with Crippen LogP contribution in [0.2, 0.25) is 0 Å². The zero-order valence-corrected chi connectivity index (χ0v) is 17.7. The first-order valence-corrected chi connectivity index (χ1v) is 11.1. The van der Waals surface area contributed by atoms with E-state index < -0.39 is 0 Å². The Hall–Kier alpha value is -2.71. The molecule has 1 amide bonds. The number of hydrogen-bond donors (Lipinski definition) is 1. The van der Waals surface area contributed by atoms with Crippen LogP contribution in [0.3, 0.4) is 0 Å². The number of thiazole rings is 1. The largest absolute Gasteiger partial charge is 0.489 e. The third kappa shape index (κ3) is 3.85. The quantitative estimate of drug-likeness (QED) is 0.678. The topological polar surface area (TPSA) is 76.6 Å². The number of pyridine rings is 1. The molecule has 1 N–H and O–H groups in total. The molecule has 2 aliphatic rings. The maximum atomic E-state index is 11.6. The van der Waals surface area contributed by atoms with Crippen molar-refractivity contribution in [3.05, 3.63) is 36.0 Å². The van der Waals surface area contributed by atoms with E-state index >= 15 is 0 Å². The van der Waals surface area contributed by atoms with Gasteiger partial charge >= 0.3 is 0 Å². The van der Waals surface area contributed by atoms with E-state index in [-0.39, 0.29) is 17.9 Å². The Labute approximate surface area is 179 Å². The average molecular weight is 425 g/mol. The van der Waals surface area contributed by atoms with Gasteiger partial charge in [0, 0.05) is 37.5 Å². The summed E-state index contributed by atoms with van der Waals surface area (Å²) in [6, 6.07) is 8.25. The van der Waals surface area contributed by atoms with Gasteiger partial charge in [-0.3, -0.25) is 9.78 Å². The number of morpholine rings is 1. The van der Waals surface area contributed by atoms with Gasteiger partial charge in [-0.15, -0.1) is 11.3 Å². The van der Waals surface area contributed by atoms with E-state index in [4.69, 9.17) is 14.5 Å². The first kappa shape index (κ1) is 19.3. The van der Waals surface area contributed by atoms with Crippen LogP contribution in [0.15, 0.2) is 36.0 Å². The SMILES string of the molecule is CC(Oc1cc(-c2ccc(N3CCOCC3)cn2)cc2ncsc12)C1CNC(=O)C1. The van der Waals surface area contributed by atoms with E-state index in [1.165, 1.54) is 0 Å².